The van der Waals surface area contributed by atoms with Gasteiger partial charge in [0, 0.05) is 12.4 Å². The number of aryl methyl sites for hydroxylation is 1. The van der Waals surface area contributed by atoms with Crippen molar-refractivity contribution in [1.29, 1.82) is 0 Å². The monoisotopic (exact) mass is 541 g/mol. The van der Waals surface area contributed by atoms with Crippen molar-refractivity contribution in [1.82, 2.24) is 19.6 Å². The highest BCUT2D eigenvalue weighted by atomic mass is 79.9. The summed E-state index contributed by atoms with van der Waals surface area (Å²) in [6, 6.07) is 27.9. The van der Waals surface area contributed by atoms with Crippen molar-refractivity contribution in [3.05, 3.63) is 119 Å². The van der Waals surface area contributed by atoms with Crippen LogP contribution in [0.2, 0.25) is 0 Å². The molecule has 0 aliphatic carbocycles. The third kappa shape index (κ3) is 5.72. The van der Waals surface area contributed by atoms with E-state index in [4.69, 9.17) is 4.74 Å². The summed E-state index contributed by atoms with van der Waals surface area (Å²) in [5, 5.41) is 11.6. The van der Waals surface area contributed by atoms with Crippen LogP contribution in [-0.4, -0.2) is 25.5 Å². The van der Waals surface area contributed by atoms with Crippen LogP contribution in [-0.2, 0) is 13.3 Å². The molecule has 0 unspecified atom stereocenters. The number of halogens is 1. The molecule has 36 heavy (non-hydrogen) atoms. The standard InChI is InChI=1S/C28H24BrN5O2/c1-20-7-9-21(10-8-20)17-34-18-25(29)27(32-34)30-28(35)26-15-16-33(31-26)19-36-24-13-11-23(12-14-24)22-5-3-2-4-6-22/h2-16,18H,17,19H2,1H3,(H,30,32,35). The minimum absolute atomic E-state index is 0.187. The lowest BCUT2D eigenvalue weighted by Crippen LogP contribution is -2.15. The highest BCUT2D eigenvalue weighted by Gasteiger charge is 2.15. The number of amides is 1. The van der Waals surface area contributed by atoms with E-state index in [0.29, 0.717) is 16.8 Å². The third-order valence-corrected chi connectivity index (χ3v) is 6.19. The number of rotatable bonds is 8. The molecule has 7 nitrogen and oxygen atoms in total. The molecule has 5 rings (SSSR count). The largest absolute Gasteiger partial charge is 0.471 e. The summed E-state index contributed by atoms with van der Waals surface area (Å²) in [4.78, 5) is 12.7. The Labute approximate surface area is 217 Å². The summed E-state index contributed by atoms with van der Waals surface area (Å²) in [5.74, 6) is 0.817. The van der Waals surface area contributed by atoms with Crippen LogP contribution in [0.4, 0.5) is 5.82 Å². The SMILES string of the molecule is Cc1ccc(Cn2cc(Br)c(NC(=O)c3ccn(COc4ccc(-c5ccccc5)cc4)n3)n2)cc1. The fourth-order valence-electron chi connectivity index (χ4n) is 3.68. The molecule has 2 aromatic heterocycles. The average Bonchev–Trinajstić information content (AvgIpc) is 3.51. The number of carbonyl (C=O) groups is 1. The van der Waals surface area contributed by atoms with E-state index in [-0.39, 0.29) is 18.3 Å². The first-order valence-electron chi connectivity index (χ1n) is 11.4. The molecular weight excluding hydrogens is 518 g/mol. The molecule has 1 N–H and O–H groups in total. The molecule has 0 aliphatic heterocycles. The first kappa shape index (κ1) is 23.6. The molecule has 8 heteroatoms. The van der Waals surface area contributed by atoms with Gasteiger partial charge in [-0.2, -0.15) is 10.2 Å². The topological polar surface area (TPSA) is 74.0 Å². The van der Waals surface area contributed by atoms with Crippen LogP contribution in [0.3, 0.4) is 0 Å². The van der Waals surface area contributed by atoms with Crippen LogP contribution < -0.4 is 10.1 Å². The van der Waals surface area contributed by atoms with Gasteiger partial charge in [-0.15, -0.1) is 0 Å². The Bertz CT molecular complexity index is 1460. The summed E-state index contributed by atoms with van der Waals surface area (Å²) < 4.78 is 9.88. The van der Waals surface area contributed by atoms with E-state index < -0.39 is 0 Å². The molecule has 3 aromatic carbocycles. The molecular formula is C28H24BrN5O2. The minimum atomic E-state index is -0.345. The lowest BCUT2D eigenvalue weighted by atomic mass is 10.1. The van der Waals surface area contributed by atoms with Gasteiger partial charge in [0.2, 0.25) is 0 Å². The van der Waals surface area contributed by atoms with Crippen LogP contribution in [0.1, 0.15) is 21.6 Å². The van der Waals surface area contributed by atoms with Gasteiger partial charge >= 0.3 is 0 Å². The van der Waals surface area contributed by atoms with Crippen molar-refractivity contribution in [2.45, 2.75) is 20.2 Å². The summed E-state index contributed by atoms with van der Waals surface area (Å²) >= 11 is 3.48. The Kier molecular flexibility index (Phi) is 6.95. The smallest absolute Gasteiger partial charge is 0.277 e. The number of benzene rings is 3. The predicted octanol–water partition coefficient (Wildman–Crippen LogP) is 6.15. The van der Waals surface area contributed by atoms with E-state index in [1.54, 1.807) is 21.6 Å². The zero-order chi connectivity index (χ0) is 24.9. The number of ether oxygens (including phenoxy) is 1. The quantitative estimate of drug-likeness (QED) is 0.255. The molecule has 2 heterocycles. The highest BCUT2D eigenvalue weighted by molar-refractivity contribution is 9.10. The molecule has 0 spiro atoms. The number of hydrogen-bond acceptors (Lipinski definition) is 4. The van der Waals surface area contributed by atoms with Gasteiger partial charge < -0.3 is 10.1 Å². The molecule has 5 aromatic rings. The molecule has 0 atom stereocenters. The molecule has 0 saturated carbocycles. The average molecular weight is 542 g/mol. The normalized spacial score (nSPS) is 10.8. The van der Waals surface area contributed by atoms with E-state index in [1.807, 2.05) is 48.7 Å². The second-order valence-electron chi connectivity index (χ2n) is 8.37. The van der Waals surface area contributed by atoms with E-state index in [1.165, 1.54) is 5.56 Å². The van der Waals surface area contributed by atoms with Gasteiger partial charge in [0.1, 0.15) is 5.75 Å². The van der Waals surface area contributed by atoms with E-state index >= 15 is 0 Å². The lowest BCUT2D eigenvalue weighted by molar-refractivity contribution is 0.101. The van der Waals surface area contributed by atoms with Crippen molar-refractivity contribution in [3.8, 4) is 16.9 Å². The van der Waals surface area contributed by atoms with Crippen LogP contribution in [0.5, 0.6) is 5.75 Å². The zero-order valence-electron chi connectivity index (χ0n) is 19.6. The summed E-state index contributed by atoms with van der Waals surface area (Å²) in [6.07, 6.45) is 3.54. The number of nitrogens with zero attached hydrogens (tertiary/aromatic N) is 4. The maximum absolute atomic E-state index is 12.7. The lowest BCUT2D eigenvalue weighted by Gasteiger charge is -2.07. The maximum Gasteiger partial charge on any atom is 0.277 e. The molecule has 0 fully saturated rings. The highest BCUT2D eigenvalue weighted by Crippen LogP contribution is 2.23. The summed E-state index contributed by atoms with van der Waals surface area (Å²) in [5.41, 5.74) is 4.88. The van der Waals surface area contributed by atoms with Crippen molar-refractivity contribution in [3.63, 3.8) is 0 Å². The van der Waals surface area contributed by atoms with Crippen LogP contribution >= 0.6 is 15.9 Å². The molecule has 0 saturated heterocycles. The minimum Gasteiger partial charge on any atom is -0.471 e. The third-order valence-electron chi connectivity index (χ3n) is 5.61. The van der Waals surface area contributed by atoms with Crippen molar-refractivity contribution in [2.24, 2.45) is 0 Å². The maximum atomic E-state index is 12.7. The van der Waals surface area contributed by atoms with Gasteiger partial charge in [-0.3, -0.25) is 9.48 Å². The number of carbonyl (C=O) groups excluding carboxylic acids is 1. The zero-order valence-corrected chi connectivity index (χ0v) is 21.2. The van der Waals surface area contributed by atoms with E-state index in [9.17, 15) is 4.79 Å². The van der Waals surface area contributed by atoms with Gasteiger partial charge in [0.25, 0.3) is 5.91 Å². The van der Waals surface area contributed by atoms with Gasteiger partial charge in [0.05, 0.1) is 11.0 Å². The number of aromatic nitrogens is 4. The second-order valence-corrected chi connectivity index (χ2v) is 9.22. The van der Waals surface area contributed by atoms with Crippen molar-refractivity contribution in [2.75, 3.05) is 5.32 Å². The van der Waals surface area contributed by atoms with Crippen molar-refractivity contribution < 1.29 is 9.53 Å². The predicted molar refractivity (Wildman–Crippen MR) is 143 cm³/mol. The van der Waals surface area contributed by atoms with Gasteiger partial charge in [-0.25, -0.2) is 4.68 Å². The van der Waals surface area contributed by atoms with Gasteiger partial charge in [0.15, 0.2) is 18.2 Å². The molecule has 1 amide bonds. The van der Waals surface area contributed by atoms with Gasteiger partial charge in [-0.05, 0) is 57.7 Å². The van der Waals surface area contributed by atoms with Crippen molar-refractivity contribution >= 4 is 27.7 Å². The number of nitrogens with one attached hydrogen (secondary N) is 1. The molecule has 180 valence electrons. The Hall–Kier alpha value is -4.17. The number of hydrogen-bond donors (Lipinski definition) is 1. The number of anilines is 1. The summed E-state index contributed by atoms with van der Waals surface area (Å²) in [6.45, 7) is 2.85. The van der Waals surface area contributed by atoms with Crippen LogP contribution in [0.15, 0.2) is 102 Å². The van der Waals surface area contributed by atoms with E-state index in [0.717, 1.165) is 22.4 Å². The first-order chi connectivity index (χ1) is 17.5. The van der Waals surface area contributed by atoms with E-state index in [2.05, 4.69) is 74.8 Å². The molecule has 0 aliphatic rings. The molecule has 0 radical (unpaired) electrons. The summed E-state index contributed by atoms with van der Waals surface area (Å²) in [7, 11) is 0. The van der Waals surface area contributed by atoms with Gasteiger partial charge in [-0.1, -0.05) is 72.3 Å². The van der Waals surface area contributed by atoms with Crippen LogP contribution in [0, 0.1) is 6.92 Å². The first-order valence-corrected chi connectivity index (χ1v) is 12.2. The van der Waals surface area contributed by atoms with Crippen LogP contribution in [0.25, 0.3) is 11.1 Å². The Balaban J connectivity index is 1.17. The molecule has 0 bridgehead atoms. The Morgan fingerprint density at radius 3 is 2.36 bits per heavy atom. The Morgan fingerprint density at radius 1 is 0.889 bits per heavy atom. The fourth-order valence-corrected chi connectivity index (χ4v) is 4.10. The Morgan fingerprint density at radius 2 is 1.61 bits per heavy atom. The fraction of sp³-hybridized carbons (Fsp3) is 0.107. The second kappa shape index (κ2) is 10.6.